The average Bonchev–Trinajstić information content (AvgIpc) is 1.60. The van der Waals surface area contributed by atoms with E-state index in [2.05, 4.69) is 8.58 Å². The highest BCUT2D eigenvalue weighted by molar-refractivity contribution is 7.85. The van der Waals surface area contributed by atoms with Crippen LogP contribution in [0.4, 0.5) is 0 Å². The highest BCUT2D eigenvalue weighted by atomic mass is 32.2. The third kappa shape index (κ3) is 1.43. The van der Waals surface area contributed by atoms with Crippen molar-refractivity contribution in [1.82, 2.24) is 0 Å². The van der Waals surface area contributed by atoms with Gasteiger partial charge in [-0.2, -0.15) is 8.42 Å². The second kappa shape index (κ2) is 1.73. The summed E-state index contributed by atoms with van der Waals surface area (Å²) in [6, 6.07) is 0. The lowest BCUT2D eigenvalue weighted by atomic mass is 10.6. The predicted molar refractivity (Wildman–Crippen MR) is 30.8 cm³/mol. The maximum absolute atomic E-state index is 10.3. The summed E-state index contributed by atoms with van der Waals surface area (Å²) in [4.78, 5) is 0. The van der Waals surface area contributed by atoms with Gasteiger partial charge in [0.1, 0.15) is 12.1 Å². The van der Waals surface area contributed by atoms with Gasteiger partial charge >= 0.3 is 10.3 Å². The van der Waals surface area contributed by atoms with E-state index in [4.69, 9.17) is 5.73 Å². The molecule has 2 N–H and O–H groups in total. The molecule has 0 aromatic carbocycles. The van der Waals surface area contributed by atoms with Crippen LogP contribution in [0.2, 0.25) is 0 Å². The van der Waals surface area contributed by atoms with Gasteiger partial charge in [0.2, 0.25) is 0 Å². The first-order chi connectivity index (χ1) is 4.10. The van der Waals surface area contributed by atoms with Crippen LogP contribution in [0.25, 0.3) is 0 Å². The van der Waals surface area contributed by atoms with Crippen LogP contribution in [0.3, 0.4) is 0 Å². The minimum Gasteiger partial charge on any atom is -0.383 e. The van der Waals surface area contributed by atoms with Crippen LogP contribution in [0.1, 0.15) is 0 Å². The Morgan fingerprint density at radius 3 is 2.67 bits per heavy atom. The van der Waals surface area contributed by atoms with Crippen LogP contribution >= 0.6 is 0 Å². The molecule has 9 heavy (non-hydrogen) atoms. The SMILES string of the molecule is NC1=NS(=O)(=O)OC=C1. The molecule has 6 heteroatoms. The number of amidine groups is 1. The van der Waals surface area contributed by atoms with Crippen LogP contribution in [0.5, 0.6) is 0 Å². The summed E-state index contributed by atoms with van der Waals surface area (Å²) in [7, 11) is -3.76. The molecule has 0 aliphatic carbocycles. The molecular weight excluding hydrogens is 144 g/mol. The number of hydrogen-bond donors (Lipinski definition) is 1. The number of nitrogens with zero attached hydrogens (tertiary/aromatic N) is 1. The molecule has 1 aliphatic rings. The molecule has 50 valence electrons. The molecule has 0 aromatic heterocycles. The molecule has 5 nitrogen and oxygen atoms in total. The van der Waals surface area contributed by atoms with Gasteiger partial charge in [-0.05, 0) is 0 Å². The van der Waals surface area contributed by atoms with Crippen molar-refractivity contribution in [2.45, 2.75) is 0 Å². The van der Waals surface area contributed by atoms with Crippen molar-refractivity contribution >= 4 is 16.1 Å². The molecule has 0 saturated heterocycles. The van der Waals surface area contributed by atoms with Gasteiger partial charge in [-0.15, -0.1) is 4.40 Å². The maximum Gasteiger partial charge on any atom is 0.429 e. The van der Waals surface area contributed by atoms with Crippen LogP contribution in [0, 0.1) is 0 Å². The van der Waals surface area contributed by atoms with Crippen molar-refractivity contribution in [3.05, 3.63) is 12.3 Å². The van der Waals surface area contributed by atoms with Crippen molar-refractivity contribution in [2.75, 3.05) is 0 Å². The van der Waals surface area contributed by atoms with Gasteiger partial charge < -0.3 is 9.92 Å². The van der Waals surface area contributed by atoms with E-state index in [0.717, 1.165) is 6.26 Å². The second-order valence-corrected chi connectivity index (χ2v) is 2.57. The molecule has 0 fully saturated rings. The van der Waals surface area contributed by atoms with E-state index < -0.39 is 10.3 Å². The Kier molecular flexibility index (Phi) is 1.17. The number of nitrogens with two attached hydrogens (primary N) is 1. The number of rotatable bonds is 0. The first kappa shape index (κ1) is 6.09. The first-order valence-corrected chi connectivity index (χ1v) is 3.42. The Balaban J connectivity index is 3.06. The summed E-state index contributed by atoms with van der Waals surface area (Å²) in [5, 5.41) is 0. The molecule has 0 saturated carbocycles. The minimum absolute atomic E-state index is 0.0683. The molecule has 0 unspecified atom stereocenters. The van der Waals surface area contributed by atoms with E-state index in [1.165, 1.54) is 6.08 Å². The van der Waals surface area contributed by atoms with Crippen molar-refractivity contribution in [1.29, 1.82) is 0 Å². The van der Waals surface area contributed by atoms with E-state index in [9.17, 15) is 8.42 Å². The van der Waals surface area contributed by atoms with E-state index in [-0.39, 0.29) is 5.84 Å². The van der Waals surface area contributed by atoms with Crippen molar-refractivity contribution in [2.24, 2.45) is 10.1 Å². The van der Waals surface area contributed by atoms with Crippen LogP contribution in [-0.2, 0) is 14.5 Å². The van der Waals surface area contributed by atoms with E-state index in [1.54, 1.807) is 0 Å². The molecule has 0 aromatic rings. The molecule has 0 atom stereocenters. The van der Waals surface area contributed by atoms with Crippen LogP contribution in [0.15, 0.2) is 16.7 Å². The lowest BCUT2D eigenvalue weighted by Gasteiger charge is -2.00. The zero-order valence-corrected chi connectivity index (χ0v) is 5.13. The summed E-state index contributed by atoms with van der Waals surface area (Å²) >= 11 is 0. The molecule has 0 spiro atoms. The Bertz CT molecular complexity index is 263. The lowest BCUT2D eigenvalue weighted by Crippen LogP contribution is -2.15. The highest BCUT2D eigenvalue weighted by Gasteiger charge is 2.10. The predicted octanol–water partition coefficient (Wildman–Crippen LogP) is -0.868. The summed E-state index contributed by atoms with van der Waals surface area (Å²) in [5.41, 5.74) is 5.01. The summed E-state index contributed by atoms with van der Waals surface area (Å²) in [6.45, 7) is 0. The van der Waals surface area contributed by atoms with Crippen LogP contribution in [-0.4, -0.2) is 14.3 Å². The van der Waals surface area contributed by atoms with E-state index in [0.29, 0.717) is 0 Å². The standard InChI is InChI=1S/C3H4N2O3S/c4-3-1-2-8-9(6,7)5-3/h1-2H,(H2,4,5). The first-order valence-electron chi connectivity index (χ1n) is 2.05. The van der Waals surface area contributed by atoms with Crippen molar-refractivity contribution < 1.29 is 12.6 Å². The highest BCUT2D eigenvalue weighted by Crippen LogP contribution is 2.00. The van der Waals surface area contributed by atoms with Gasteiger partial charge in [0.25, 0.3) is 0 Å². The van der Waals surface area contributed by atoms with Gasteiger partial charge in [0, 0.05) is 6.08 Å². The second-order valence-electron chi connectivity index (χ2n) is 1.34. The third-order valence-electron chi connectivity index (χ3n) is 0.633. The van der Waals surface area contributed by atoms with Crippen molar-refractivity contribution in [3.63, 3.8) is 0 Å². The van der Waals surface area contributed by atoms with Gasteiger partial charge in [0.05, 0.1) is 0 Å². The summed E-state index contributed by atoms with van der Waals surface area (Å²) < 4.78 is 27.7. The Morgan fingerprint density at radius 1 is 1.67 bits per heavy atom. The fraction of sp³-hybridized carbons (Fsp3) is 0. The van der Waals surface area contributed by atoms with Gasteiger partial charge in [-0.3, -0.25) is 0 Å². The largest absolute Gasteiger partial charge is 0.429 e. The van der Waals surface area contributed by atoms with Gasteiger partial charge in [-0.1, -0.05) is 0 Å². The van der Waals surface area contributed by atoms with E-state index >= 15 is 0 Å². The zero-order valence-electron chi connectivity index (χ0n) is 4.31. The van der Waals surface area contributed by atoms with Crippen LogP contribution < -0.4 is 5.73 Å². The molecule has 0 amide bonds. The quantitative estimate of drug-likeness (QED) is 0.484. The molecule has 0 radical (unpaired) electrons. The fourth-order valence-corrected chi connectivity index (χ4v) is 0.907. The topological polar surface area (TPSA) is 81.8 Å². The minimum atomic E-state index is -3.76. The number of hydrogen-bond acceptors (Lipinski definition) is 4. The van der Waals surface area contributed by atoms with Crippen molar-refractivity contribution in [3.8, 4) is 0 Å². The monoisotopic (exact) mass is 148 g/mol. The molecule has 0 bridgehead atoms. The maximum atomic E-state index is 10.3. The fourth-order valence-electron chi connectivity index (χ4n) is 0.349. The molecular formula is C3H4N2O3S. The van der Waals surface area contributed by atoms with Gasteiger partial charge in [-0.25, -0.2) is 0 Å². The normalized spacial score (nSPS) is 22.4. The zero-order chi connectivity index (χ0) is 6.91. The lowest BCUT2D eigenvalue weighted by molar-refractivity contribution is 0.443. The summed E-state index contributed by atoms with van der Waals surface area (Å²) in [5.74, 6) is -0.0683. The smallest absolute Gasteiger partial charge is 0.383 e. The Morgan fingerprint density at radius 2 is 2.33 bits per heavy atom. The molecule has 1 heterocycles. The average molecular weight is 148 g/mol. The Labute approximate surface area is 52.1 Å². The third-order valence-corrected chi connectivity index (χ3v) is 1.42. The Hall–Kier alpha value is -1.04. The van der Waals surface area contributed by atoms with E-state index in [1.807, 2.05) is 0 Å². The summed E-state index contributed by atoms with van der Waals surface area (Å²) in [6.07, 6.45) is 2.22. The molecule has 1 aliphatic heterocycles. The van der Waals surface area contributed by atoms with Gasteiger partial charge in [0.15, 0.2) is 0 Å². The molecule has 1 rings (SSSR count).